The van der Waals surface area contributed by atoms with Crippen molar-refractivity contribution in [1.82, 2.24) is 10.2 Å². The van der Waals surface area contributed by atoms with Crippen LogP contribution >= 0.6 is 0 Å². The molecule has 3 N–H and O–H groups in total. The number of carboxylic acids is 1. The van der Waals surface area contributed by atoms with Crippen molar-refractivity contribution in [3.8, 4) is 11.1 Å². The number of carbonyl (C=O) groups is 3. The SMILES string of the molecule is CS(=N)(=O)C1CC(C(=O)O)N(C(=O)CNC(=O)c2ccc3c(c2)-c2ccccc2C3(F)F)C1. The maximum atomic E-state index is 14.7. The van der Waals surface area contributed by atoms with Crippen molar-refractivity contribution in [1.29, 1.82) is 4.78 Å². The second-order valence-electron chi connectivity index (χ2n) is 8.22. The molecule has 174 valence electrons. The van der Waals surface area contributed by atoms with Gasteiger partial charge in [0.2, 0.25) is 5.91 Å². The summed E-state index contributed by atoms with van der Waals surface area (Å²) in [4.78, 5) is 37.7. The predicted octanol–water partition coefficient (Wildman–Crippen LogP) is 2.27. The minimum atomic E-state index is -3.18. The molecule has 3 unspecified atom stereocenters. The molecule has 1 fully saturated rings. The maximum absolute atomic E-state index is 14.7. The van der Waals surface area contributed by atoms with Crippen molar-refractivity contribution < 1.29 is 32.5 Å². The van der Waals surface area contributed by atoms with Gasteiger partial charge in [-0.2, -0.15) is 8.78 Å². The summed E-state index contributed by atoms with van der Waals surface area (Å²) in [5.74, 6) is -5.83. The average molecular weight is 477 g/mol. The van der Waals surface area contributed by atoms with Gasteiger partial charge in [0.1, 0.15) is 6.04 Å². The molecule has 0 saturated carbocycles. The highest BCUT2D eigenvalue weighted by atomic mass is 32.2. The van der Waals surface area contributed by atoms with Crippen LogP contribution in [-0.2, 0) is 25.2 Å². The predicted molar refractivity (Wildman–Crippen MR) is 116 cm³/mol. The number of nitrogens with one attached hydrogen (secondary N) is 2. The van der Waals surface area contributed by atoms with Crippen molar-refractivity contribution in [2.75, 3.05) is 19.3 Å². The Hall–Kier alpha value is -3.34. The number of carbonyl (C=O) groups excluding carboxylic acids is 2. The van der Waals surface area contributed by atoms with Gasteiger partial charge in [-0.3, -0.25) is 14.4 Å². The summed E-state index contributed by atoms with van der Waals surface area (Å²) >= 11 is 0. The molecule has 8 nitrogen and oxygen atoms in total. The highest BCUT2D eigenvalue weighted by molar-refractivity contribution is 7.92. The van der Waals surface area contributed by atoms with E-state index in [0.717, 1.165) is 4.90 Å². The molecule has 0 aromatic heterocycles. The number of halogens is 2. The molecule has 0 spiro atoms. The van der Waals surface area contributed by atoms with E-state index in [1.165, 1.54) is 36.6 Å². The van der Waals surface area contributed by atoms with Gasteiger partial charge in [-0.1, -0.05) is 30.3 Å². The topological polar surface area (TPSA) is 128 Å². The van der Waals surface area contributed by atoms with E-state index in [2.05, 4.69) is 5.32 Å². The van der Waals surface area contributed by atoms with Gasteiger partial charge in [-0.15, -0.1) is 0 Å². The van der Waals surface area contributed by atoms with E-state index < -0.39 is 51.3 Å². The number of hydrogen-bond acceptors (Lipinski definition) is 5. The summed E-state index contributed by atoms with van der Waals surface area (Å²) < 4.78 is 49.1. The Labute approximate surface area is 188 Å². The number of rotatable bonds is 5. The summed E-state index contributed by atoms with van der Waals surface area (Å²) in [6.07, 6.45) is 1.09. The van der Waals surface area contributed by atoms with Crippen LogP contribution in [0.3, 0.4) is 0 Å². The summed E-state index contributed by atoms with van der Waals surface area (Å²) in [6.45, 7) is -0.683. The zero-order valence-electron chi connectivity index (χ0n) is 17.5. The standard InChI is InChI=1S/C22H21F2N3O5S/c1-33(25,32)13-9-18(21(30)31)27(11-13)19(28)10-26-20(29)12-6-7-17-15(8-12)14-4-2-3-5-16(14)22(17,23)24/h2-8,13,18,25H,9-11H2,1H3,(H,26,29)(H,30,31). The summed E-state index contributed by atoms with van der Waals surface area (Å²) in [7, 11) is -3.06. The molecule has 3 atom stereocenters. The second kappa shape index (κ2) is 7.91. The monoisotopic (exact) mass is 477 g/mol. The molecule has 2 aliphatic rings. The van der Waals surface area contributed by atoms with Crippen LogP contribution in [0.4, 0.5) is 8.78 Å². The molecule has 1 saturated heterocycles. The first-order valence-corrected chi connectivity index (χ1v) is 12.1. The highest BCUT2D eigenvalue weighted by Crippen LogP contribution is 2.50. The molecule has 0 radical (unpaired) electrons. The molecule has 4 rings (SSSR count). The third-order valence-corrected chi connectivity index (χ3v) is 7.69. The minimum absolute atomic E-state index is 0.0749. The number of benzene rings is 2. The molecule has 1 heterocycles. The van der Waals surface area contributed by atoms with E-state index in [0.29, 0.717) is 5.56 Å². The zero-order valence-corrected chi connectivity index (χ0v) is 18.3. The number of alkyl halides is 2. The van der Waals surface area contributed by atoms with E-state index in [9.17, 15) is 32.5 Å². The number of amides is 2. The van der Waals surface area contributed by atoms with E-state index in [1.54, 1.807) is 12.1 Å². The molecule has 0 bridgehead atoms. The molecule has 2 aromatic carbocycles. The fraction of sp³-hybridized carbons (Fsp3) is 0.318. The van der Waals surface area contributed by atoms with Crippen molar-refractivity contribution in [3.05, 3.63) is 59.2 Å². The molecule has 33 heavy (non-hydrogen) atoms. The van der Waals surface area contributed by atoms with Crippen molar-refractivity contribution in [3.63, 3.8) is 0 Å². The van der Waals surface area contributed by atoms with Gasteiger partial charge in [0.05, 0.1) is 11.8 Å². The lowest BCUT2D eigenvalue weighted by atomic mass is 10.0. The lowest BCUT2D eigenvalue weighted by Crippen LogP contribution is -2.45. The van der Waals surface area contributed by atoms with Crippen LogP contribution in [0.1, 0.15) is 27.9 Å². The van der Waals surface area contributed by atoms with Crippen molar-refractivity contribution in [2.24, 2.45) is 0 Å². The first kappa shape index (κ1) is 22.8. The third kappa shape index (κ3) is 3.97. The quantitative estimate of drug-likeness (QED) is 0.609. The van der Waals surface area contributed by atoms with Crippen molar-refractivity contribution >= 4 is 27.5 Å². The second-order valence-corrected chi connectivity index (χ2v) is 10.7. The molecule has 2 aromatic rings. The van der Waals surface area contributed by atoms with Crippen LogP contribution in [0.5, 0.6) is 0 Å². The van der Waals surface area contributed by atoms with Gasteiger partial charge in [-0.05, 0) is 29.7 Å². The number of aliphatic carboxylic acids is 1. The van der Waals surface area contributed by atoms with Gasteiger partial charge < -0.3 is 15.3 Å². The smallest absolute Gasteiger partial charge is 0.326 e. The van der Waals surface area contributed by atoms with Crippen LogP contribution in [0.2, 0.25) is 0 Å². The Morgan fingerprint density at radius 1 is 1.18 bits per heavy atom. The first-order chi connectivity index (χ1) is 15.4. The van der Waals surface area contributed by atoms with Crippen LogP contribution in [-0.4, -0.2) is 62.6 Å². The highest BCUT2D eigenvalue weighted by Gasteiger charge is 2.44. The third-order valence-electron chi connectivity index (χ3n) is 6.08. The molecule has 2 amide bonds. The largest absolute Gasteiger partial charge is 0.480 e. The van der Waals surface area contributed by atoms with E-state index in [-0.39, 0.29) is 35.2 Å². The van der Waals surface area contributed by atoms with Crippen molar-refractivity contribution in [2.45, 2.75) is 23.6 Å². The maximum Gasteiger partial charge on any atom is 0.326 e. The summed E-state index contributed by atoms with van der Waals surface area (Å²) in [5.41, 5.74) is 0.288. The number of carboxylic acid groups (broad SMARTS) is 1. The molecule has 1 aliphatic carbocycles. The first-order valence-electron chi connectivity index (χ1n) is 10.1. The van der Waals surface area contributed by atoms with Gasteiger partial charge >= 0.3 is 5.97 Å². The van der Waals surface area contributed by atoms with E-state index in [1.807, 2.05) is 0 Å². The Balaban J connectivity index is 1.49. The van der Waals surface area contributed by atoms with E-state index in [4.69, 9.17) is 4.78 Å². The lowest BCUT2D eigenvalue weighted by Gasteiger charge is -2.21. The Morgan fingerprint density at radius 3 is 2.52 bits per heavy atom. The van der Waals surface area contributed by atoms with Crippen LogP contribution in [0.25, 0.3) is 11.1 Å². The van der Waals surface area contributed by atoms with Crippen LogP contribution in [0.15, 0.2) is 42.5 Å². The normalized spacial score (nSPS) is 22.2. The number of fused-ring (bicyclic) bond motifs is 3. The van der Waals surface area contributed by atoms with E-state index >= 15 is 0 Å². The summed E-state index contributed by atoms with van der Waals surface area (Å²) in [5, 5.41) is 11.0. The molecular weight excluding hydrogens is 456 g/mol. The minimum Gasteiger partial charge on any atom is -0.480 e. The Morgan fingerprint density at radius 2 is 1.85 bits per heavy atom. The van der Waals surface area contributed by atoms with Gasteiger partial charge in [-0.25, -0.2) is 9.00 Å². The Bertz CT molecular complexity index is 1280. The van der Waals surface area contributed by atoms with Gasteiger partial charge in [0.25, 0.3) is 11.8 Å². The van der Waals surface area contributed by atoms with Crippen LogP contribution < -0.4 is 5.32 Å². The lowest BCUT2D eigenvalue weighted by molar-refractivity contribution is -0.147. The molecular formula is C22H21F2N3O5S. The number of likely N-dealkylation sites (tertiary alicyclic amines) is 1. The van der Waals surface area contributed by atoms with Gasteiger partial charge in [0.15, 0.2) is 0 Å². The number of hydrogen-bond donors (Lipinski definition) is 3. The molecule has 1 aliphatic heterocycles. The zero-order chi connectivity index (χ0) is 24.1. The fourth-order valence-corrected chi connectivity index (χ4v) is 5.31. The van der Waals surface area contributed by atoms with Gasteiger partial charge in [0, 0.05) is 39.2 Å². The summed E-state index contributed by atoms with van der Waals surface area (Å²) in [6, 6.07) is 8.57. The average Bonchev–Trinajstić information content (AvgIpc) is 3.31. The number of nitrogens with zero attached hydrogens (tertiary/aromatic N) is 1. The molecule has 11 heteroatoms. The van der Waals surface area contributed by atoms with Crippen LogP contribution in [0, 0.1) is 4.78 Å². The fourth-order valence-electron chi connectivity index (χ4n) is 4.31. The Kier molecular flexibility index (Phi) is 5.47.